The van der Waals surface area contributed by atoms with E-state index >= 15 is 0 Å². The standard InChI is InChI=1S/C24H29N5O3/c1-16(2)28-22-9-6-19(25-24(30)18-4-7-20(8-5-18)29(31)32)14-21(22)26-23(28)15-27-12-10-17(3)11-13-27/h4-9,14,16-17H,10-13,15H2,1-3H3,(H,25,30). The molecular weight excluding hydrogens is 406 g/mol. The number of nitrogens with one attached hydrogen (secondary N) is 1. The first kappa shape index (κ1) is 22.0. The molecule has 1 N–H and O–H groups in total. The van der Waals surface area contributed by atoms with E-state index in [1.165, 1.54) is 37.1 Å². The summed E-state index contributed by atoms with van der Waals surface area (Å²) in [5.41, 5.74) is 2.86. The molecule has 1 aliphatic rings. The van der Waals surface area contributed by atoms with Crippen LogP contribution in [0, 0.1) is 16.0 Å². The number of aromatic nitrogens is 2. The largest absolute Gasteiger partial charge is 0.324 e. The first-order valence-corrected chi connectivity index (χ1v) is 11.1. The molecule has 4 rings (SSSR count). The third kappa shape index (κ3) is 4.65. The molecule has 1 saturated heterocycles. The minimum atomic E-state index is -0.483. The predicted octanol–water partition coefficient (Wildman–Crippen LogP) is 5.01. The zero-order chi connectivity index (χ0) is 22.8. The van der Waals surface area contributed by atoms with Crippen molar-refractivity contribution >= 4 is 28.3 Å². The van der Waals surface area contributed by atoms with Crippen LogP contribution < -0.4 is 5.32 Å². The van der Waals surface area contributed by atoms with Gasteiger partial charge in [0, 0.05) is 29.4 Å². The number of hydrogen-bond donors (Lipinski definition) is 1. The van der Waals surface area contributed by atoms with Crippen LogP contribution in [-0.2, 0) is 6.54 Å². The number of piperidine rings is 1. The number of rotatable bonds is 6. The van der Waals surface area contributed by atoms with Crippen molar-refractivity contribution in [3.63, 3.8) is 0 Å². The molecular formula is C24H29N5O3. The van der Waals surface area contributed by atoms with E-state index in [9.17, 15) is 14.9 Å². The highest BCUT2D eigenvalue weighted by Gasteiger charge is 2.20. The second kappa shape index (κ2) is 9.08. The summed E-state index contributed by atoms with van der Waals surface area (Å²) in [6.07, 6.45) is 2.45. The molecule has 0 bridgehead atoms. The van der Waals surface area contributed by atoms with Crippen LogP contribution in [0.2, 0.25) is 0 Å². The van der Waals surface area contributed by atoms with Gasteiger partial charge in [0.1, 0.15) is 5.82 Å². The van der Waals surface area contributed by atoms with E-state index in [0.29, 0.717) is 11.3 Å². The summed E-state index contributed by atoms with van der Waals surface area (Å²) in [4.78, 5) is 30.3. The monoisotopic (exact) mass is 435 g/mol. The number of carbonyl (C=O) groups is 1. The van der Waals surface area contributed by atoms with Gasteiger partial charge in [-0.1, -0.05) is 6.92 Å². The minimum Gasteiger partial charge on any atom is -0.324 e. The van der Waals surface area contributed by atoms with Crippen molar-refractivity contribution in [3.05, 3.63) is 64.0 Å². The number of non-ortho nitro benzene ring substituents is 1. The number of amides is 1. The van der Waals surface area contributed by atoms with Crippen LogP contribution in [-0.4, -0.2) is 38.4 Å². The van der Waals surface area contributed by atoms with Crippen LogP contribution in [0.25, 0.3) is 11.0 Å². The van der Waals surface area contributed by atoms with Gasteiger partial charge in [-0.15, -0.1) is 0 Å². The highest BCUT2D eigenvalue weighted by atomic mass is 16.6. The van der Waals surface area contributed by atoms with Gasteiger partial charge in [0.25, 0.3) is 11.6 Å². The van der Waals surface area contributed by atoms with E-state index in [1.807, 2.05) is 18.2 Å². The highest BCUT2D eigenvalue weighted by molar-refractivity contribution is 6.05. The van der Waals surface area contributed by atoms with Crippen LogP contribution in [0.5, 0.6) is 0 Å². The van der Waals surface area contributed by atoms with E-state index in [0.717, 1.165) is 42.4 Å². The minimum absolute atomic E-state index is 0.0436. The lowest BCUT2D eigenvalue weighted by Crippen LogP contribution is -2.33. The summed E-state index contributed by atoms with van der Waals surface area (Å²) in [6.45, 7) is 9.65. The number of nitrogens with zero attached hydrogens (tertiary/aromatic N) is 4. The number of fused-ring (bicyclic) bond motifs is 1. The molecule has 2 heterocycles. The Morgan fingerprint density at radius 3 is 2.50 bits per heavy atom. The number of carbonyl (C=O) groups excluding carboxylic acids is 1. The van der Waals surface area contributed by atoms with Crippen LogP contribution in [0.3, 0.4) is 0 Å². The third-order valence-electron chi connectivity index (χ3n) is 6.12. The van der Waals surface area contributed by atoms with Crippen molar-refractivity contribution in [1.29, 1.82) is 0 Å². The van der Waals surface area contributed by atoms with E-state index in [4.69, 9.17) is 4.98 Å². The summed E-state index contributed by atoms with van der Waals surface area (Å²) in [6, 6.07) is 11.6. The zero-order valence-corrected chi connectivity index (χ0v) is 18.7. The van der Waals surface area contributed by atoms with Gasteiger partial charge in [0.15, 0.2) is 0 Å². The van der Waals surface area contributed by atoms with Crippen LogP contribution in [0.15, 0.2) is 42.5 Å². The Morgan fingerprint density at radius 1 is 1.19 bits per heavy atom. The average molecular weight is 436 g/mol. The normalized spacial score (nSPS) is 15.4. The Hall–Kier alpha value is -3.26. The maximum Gasteiger partial charge on any atom is 0.269 e. The molecule has 1 aliphatic heterocycles. The van der Waals surface area contributed by atoms with Crippen LogP contribution in [0.1, 0.15) is 55.8 Å². The van der Waals surface area contributed by atoms with E-state index < -0.39 is 4.92 Å². The highest BCUT2D eigenvalue weighted by Crippen LogP contribution is 2.26. The van der Waals surface area contributed by atoms with Crippen molar-refractivity contribution < 1.29 is 9.72 Å². The maximum absolute atomic E-state index is 12.6. The average Bonchev–Trinajstić information content (AvgIpc) is 3.12. The lowest BCUT2D eigenvalue weighted by molar-refractivity contribution is -0.384. The quantitative estimate of drug-likeness (QED) is 0.434. The van der Waals surface area contributed by atoms with Crippen LogP contribution in [0.4, 0.5) is 11.4 Å². The third-order valence-corrected chi connectivity index (χ3v) is 6.12. The summed E-state index contributed by atoms with van der Waals surface area (Å²) in [5.74, 6) is 1.52. The molecule has 0 spiro atoms. The van der Waals surface area contributed by atoms with Gasteiger partial charge in [-0.2, -0.15) is 0 Å². The van der Waals surface area contributed by atoms with Gasteiger partial charge in [-0.3, -0.25) is 19.8 Å². The van der Waals surface area contributed by atoms with Crippen molar-refractivity contribution in [2.75, 3.05) is 18.4 Å². The van der Waals surface area contributed by atoms with Gasteiger partial charge in [0.2, 0.25) is 0 Å². The van der Waals surface area contributed by atoms with Gasteiger partial charge in [-0.05, 0) is 76.0 Å². The lowest BCUT2D eigenvalue weighted by Gasteiger charge is -2.30. The summed E-state index contributed by atoms with van der Waals surface area (Å²) < 4.78 is 2.27. The fourth-order valence-corrected chi connectivity index (χ4v) is 4.27. The predicted molar refractivity (Wildman–Crippen MR) is 125 cm³/mol. The van der Waals surface area contributed by atoms with Crippen molar-refractivity contribution in [3.8, 4) is 0 Å². The van der Waals surface area contributed by atoms with Gasteiger partial charge < -0.3 is 9.88 Å². The topological polar surface area (TPSA) is 93.3 Å². The van der Waals surface area contributed by atoms with Crippen molar-refractivity contribution in [2.24, 2.45) is 5.92 Å². The first-order valence-electron chi connectivity index (χ1n) is 11.1. The van der Waals surface area contributed by atoms with E-state index in [-0.39, 0.29) is 17.6 Å². The number of nitro benzene ring substituents is 1. The fourth-order valence-electron chi connectivity index (χ4n) is 4.27. The van der Waals surface area contributed by atoms with Gasteiger partial charge >= 0.3 is 0 Å². The molecule has 168 valence electrons. The van der Waals surface area contributed by atoms with Gasteiger partial charge in [0.05, 0.1) is 22.5 Å². The number of nitro groups is 1. The number of likely N-dealkylation sites (tertiary alicyclic amines) is 1. The van der Waals surface area contributed by atoms with Crippen LogP contribution >= 0.6 is 0 Å². The molecule has 0 saturated carbocycles. The SMILES string of the molecule is CC1CCN(Cc2nc3cc(NC(=O)c4ccc([N+](=O)[O-])cc4)ccc3n2C(C)C)CC1. The number of anilines is 1. The fraction of sp³-hybridized carbons (Fsp3) is 0.417. The number of benzene rings is 2. The first-order chi connectivity index (χ1) is 15.3. The molecule has 32 heavy (non-hydrogen) atoms. The number of hydrogen-bond acceptors (Lipinski definition) is 5. The molecule has 0 unspecified atom stereocenters. The Balaban J connectivity index is 1.55. The van der Waals surface area contributed by atoms with Gasteiger partial charge in [-0.25, -0.2) is 4.98 Å². The Labute approximate surface area is 187 Å². The molecule has 1 aromatic heterocycles. The van der Waals surface area contributed by atoms with Crippen molar-refractivity contribution in [2.45, 2.75) is 46.2 Å². The molecule has 1 fully saturated rings. The summed E-state index contributed by atoms with van der Waals surface area (Å²) >= 11 is 0. The molecule has 0 aliphatic carbocycles. The maximum atomic E-state index is 12.6. The molecule has 1 amide bonds. The molecule has 0 radical (unpaired) electrons. The molecule has 0 atom stereocenters. The molecule has 3 aromatic rings. The van der Waals surface area contributed by atoms with E-state index in [1.54, 1.807) is 0 Å². The Bertz CT molecular complexity index is 1130. The summed E-state index contributed by atoms with van der Waals surface area (Å²) in [7, 11) is 0. The zero-order valence-electron chi connectivity index (χ0n) is 18.7. The molecule has 8 heteroatoms. The Morgan fingerprint density at radius 2 is 1.88 bits per heavy atom. The molecule has 8 nitrogen and oxygen atoms in total. The lowest BCUT2D eigenvalue weighted by atomic mass is 9.99. The second-order valence-corrected chi connectivity index (χ2v) is 8.91. The van der Waals surface area contributed by atoms with Crippen molar-refractivity contribution in [1.82, 2.24) is 14.5 Å². The smallest absolute Gasteiger partial charge is 0.269 e. The molecule has 2 aromatic carbocycles. The second-order valence-electron chi connectivity index (χ2n) is 8.91. The van der Waals surface area contributed by atoms with E-state index in [2.05, 4.69) is 35.6 Å². The number of imidazole rings is 1. The summed E-state index contributed by atoms with van der Waals surface area (Å²) in [5, 5.41) is 13.7. The Kier molecular flexibility index (Phi) is 6.23.